The number of carbonyl (C=O) groups is 1. The predicted octanol–water partition coefficient (Wildman–Crippen LogP) is 3.61. The van der Waals surface area contributed by atoms with Gasteiger partial charge in [-0.1, -0.05) is 29.8 Å². The minimum atomic E-state index is -4.07. The molecule has 8 heteroatoms. The van der Waals surface area contributed by atoms with Crippen molar-refractivity contribution in [2.75, 3.05) is 0 Å². The molecule has 0 aliphatic heterocycles. The molecule has 27 heavy (non-hydrogen) atoms. The highest BCUT2D eigenvalue weighted by Crippen LogP contribution is 2.25. The van der Waals surface area contributed by atoms with Crippen LogP contribution < -0.4 is 4.72 Å². The maximum absolute atomic E-state index is 13.8. The van der Waals surface area contributed by atoms with Crippen molar-refractivity contribution in [3.05, 3.63) is 70.5 Å². The molecule has 0 bridgehead atoms. The quantitative estimate of drug-likeness (QED) is 0.705. The molecule has 0 unspecified atom stereocenters. The van der Waals surface area contributed by atoms with Gasteiger partial charge in [0.1, 0.15) is 10.8 Å². The summed E-state index contributed by atoms with van der Waals surface area (Å²) < 4.78 is 40.9. The minimum Gasteiger partial charge on any atom is -0.274 e. The molecule has 3 aromatic rings. The van der Waals surface area contributed by atoms with Crippen LogP contribution in [0, 0.1) is 19.7 Å². The third kappa shape index (κ3) is 4.58. The first-order valence-corrected chi connectivity index (χ1v) is 10.4. The molecule has 0 aliphatic carbocycles. The number of amides is 1. The number of aromatic nitrogens is 1. The standard InChI is InChI=1S/C19H17FN2O3S2/c1-12-6-7-17(20)15(8-12)10-18(23)22-27(24,25)16-5-3-4-14(9-16)19-21-13(2)11-26-19/h3-9,11H,10H2,1-2H3,(H,22,23). The molecule has 0 atom stereocenters. The van der Waals surface area contributed by atoms with Crippen LogP contribution in [0.1, 0.15) is 16.8 Å². The molecule has 140 valence electrons. The van der Waals surface area contributed by atoms with Crippen molar-refractivity contribution < 1.29 is 17.6 Å². The van der Waals surface area contributed by atoms with E-state index in [-0.39, 0.29) is 16.9 Å². The van der Waals surface area contributed by atoms with Crippen LogP contribution in [-0.2, 0) is 21.2 Å². The van der Waals surface area contributed by atoms with Crippen LogP contribution in [0.3, 0.4) is 0 Å². The molecule has 0 saturated heterocycles. The third-order valence-electron chi connectivity index (χ3n) is 3.81. The molecule has 0 aliphatic rings. The lowest BCUT2D eigenvalue weighted by Gasteiger charge is -2.09. The van der Waals surface area contributed by atoms with Crippen molar-refractivity contribution >= 4 is 27.3 Å². The van der Waals surface area contributed by atoms with Crippen LogP contribution in [0.4, 0.5) is 4.39 Å². The number of nitrogens with one attached hydrogen (secondary N) is 1. The van der Waals surface area contributed by atoms with Gasteiger partial charge < -0.3 is 0 Å². The first-order valence-electron chi connectivity index (χ1n) is 8.08. The summed E-state index contributed by atoms with van der Waals surface area (Å²) >= 11 is 1.41. The number of rotatable bonds is 5. The van der Waals surface area contributed by atoms with Crippen LogP contribution in [0.2, 0.25) is 0 Å². The van der Waals surface area contributed by atoms with E-state index in [0.29, 0.717) is 10.6 Å². The number of thiazole rings is 1. The smallest absolute Gasteiger partial charge is 0.264 e. The Balaban J connectivity index is 1.80. The summed E-state index contributed by atoms with van der Waals surface area (Å²) in [5.74, 6) is -1.34. The number of hydrogen-bond acceptors (Lipinski definition) is 5. The van der Waals surface area contributed by atoms with E-state index in [1.54, 1.807) is 25.1 Å². The summed E-state index contributed by atoms with van der Waals surface area (Å²) in [5.41, 5.74) is 2.42. The Bertz CT molecular complexity index is 1110. The van der Waals surface area contributed by atoms with Crippen LogP contribution >= 0.6 is 11.3 Å². The number of halogens is 1. The zero-order chi connectivity index (χ0) is 19.6. The molecule has 1 amide bonds. The van der Waals surface area contributed by atoms with Crippen LogP contribution in [0.5, 0.6) is 0 Å². The Morgan fingerprint density at radius 1 is 1.19 bits per heavy atom. The van der Waals surface area contributed by atoms with E-state index >= 15 is 0 Å². The van der Waals surface area contributed by atoms with Gasteiger partial charge in [-0.25, -0.2) is 22.5 Å². The van der Waals surface area contributed by atoms with E-state index in [9.17, 15) is 17.6 Å². The number of hydrogen-bond donors (Lipinski definition) is 1. The van der Waals surface area contributed by atoms with E-state index in [1.165, 1.54) is 35.6 Å². The predicted molar refractivity (Wildman–Crippen MR) is 102 cm³/mol. The molecule has 1 N–H and O–H groups in total. The average molecular weight is 404 g/mol. The van der Waals surface area contributed by atoms with E-state index in [0.717, 1.165) is 11.3 Å². The van der Waals surface area contributed by atoms with E-state index in [1.807, 2.05) is 17.0 Å². The molecule has 3 rings (SSSR count). The molecule has 0 saturated carbocycles. The number of carbonyl (C=O) groups excluding carboxylic acids is 1. The fraction of sp³-hybridized carbons (Fsp3) is 0.158. The van der Waals surface area contributed by atoms with Crippen molar-refractivity contribution in [2.45, 2.75) is 25.2 Å². The zero-order valence-electron chi connectivity index (χ0n) is 14.7. The maximum atomic E-state index is 13.8. The van der Waals surface area contributed by atoms with Gasteiger partial charge in [-0.3, -0.25) is 4.79 Å². The fourth-order valence-electron chi connectivity index (χ4n) is 2.54. The molecule has 0 spiro atoms. The maximum Gasteiger partial charge on any atom is 0.264 e. The van der Waals surface area contributed by atoms with Gasteiger partial charge in [0.05, 0.1) is 11.3 Å². The molecular weight excluding hydrogens is 387 g/mol. The SMILES string of the molecule is Cc1ccc(F)c(CC(=O)NS(=O)(=O)c2cccc(-c3nc(C)cs3)c2)c1. The monoisotopic (exact) mass is 404 g/mol. The van der Waals surface area contributed by atoms with E-state index < -0.39 is 21.7 Å². The summed E-state index contributed by atoms with van der Waals surface area (Å²) in [6.07, 6.45) is -0.363. The van der Waals surface area contributed by atoms with Crippen LogP contribution in [0.15, 0.2) is 52.7 Å². The highest BCUT2D eigenvalue weighted by atomic mass is 32.2. The second kappa shape index (κ2) is 7.58. The normalized spacial score (nSPS) is 11.4. The largest absolute Gasteiger partial charge is 0.274 e. The second-order valence-electron chi connectivity index (χ2n) is 6.12. The lowest BCUT2D eigenvalue weighted by Crippen LogP contribution is -2.32. The number of aryl methyl sites for hydroxylation is 2. The molecule has 2 aromatic carbocycles. The lowest BCUT2D eigenvalue weighted by molar-refractivity contribution is -0.118. The van der Waals surface area contributed by atoms with Crippen molar-refractivity contribution in [2.24, 2.45) is 0 Å². The van der Waals surface area contributed by atoms with Gasteiger partial charge in [-0.2, -0.15) is 0 Å². The zero-order valence-corrected chi connectivity index (χ0v) is 16.3. The topological polar surface area (TPSA) is 76.1 Å². The summed E-state index contributed by atoms with van der Waals surface area (Å²) in [7, 11) is -4.07. The van der Waals surface area contributed by atoms with Crippen molar-refractivity contribution in [1.29, 1.82) is 0 Å². The summed E-state index contributed by atoms with van der Waals surface area (Å²) in [4.78, 5) is 16.4. The Labute approximate surface area is 161 Å². The number of benzene rings is 2. The molecule has 1 aromatic heterocycles. The van der Waals surface area contributed by atoms with E-state index in [4.69, 9.17) is 0 Å². The lowest BCUT2D eigenvalue weighted by atomic mass is 10.1. The first-order chi connectivity index (χ1) is 12.7. The summed E-state index contributed by atoms with van der Waals surface area (Å²) in [5, 5.41) is 2.56. The van der Waals surface area contributed by atoms with Gasteiger partial charge in [-0.15, -0.1) is 11.3 Å². The first kappa shape index (κ1) is 19.2. The molecule has 0 fully saturated rings. The van der Waals surface area contributed by atoms with Crippen molar-refractivity contribution in [3.8, 4) is 10.6 Å². The highest BCUT2D eigenvalue weighted by Gasteiger charge is 2.20. The Morgan fingerprint density at radius 3 is 2.67 bits per heavy atom. The summed E-state index contributed by atoms with van der Waals surface area (Å²) in [6.45, 7) is 3.62. The van der Waals surface area contributed by atoms with Gasteiger partial charge in [0.2, 0.25) is 5.91 Å². The minimum absolute atomic E-state index is 0.0501. The Morgan fingerprint density at radius 2 is 1.96 bits per heavy atom. The summed E-state index contributed by atoms with van der Waals surface area (Å²) in [6, 6.07) is 10.6. The van der Waals surface area contributed by atoms with Gasteiger partial charge in [0, 0.05) is 16.6 Å². The Kier molecular flexibility index (Phi) is 5.38. The third-order valence-corrected chi connectivity index (χ3v) is 6.19. The molecule has 0 radical (unpaired) electrons. The van der Waals surface area contributed by atoms with Gasteiger partial charge in [0.15, 0.2) is 0 Å². The van der Waals surface area contributed by atoms with E-state index in [2.05, 4.69) is 4.98 Å². The highest BCUT2D eigenvalue weighted by molar-refractivity contribution is 7.90. The molecular formula is C19H17FN2O3S2. The second-order valence-corrected chi connectivity index (χ2v) is 8.66. The number of nitrogens with zero attached hydrogens (tertiary/aromatic N) is 1. The average Bonchev–Trinajstić information content (AvgIpc) is 3.04. The van der Waals surface area contributed by atoms with Crippen LogP contribution in [-0.4, -0.2) is 19.3 Å². The Hall–Kier alpha value is -2.58. The fourth-order valence-corrected chi connectivity index (χ4v) is 4.36. The van der Waals surface area contributed by atoms with Crippen LogP contribution in [0.25, 0.3) is 10.6 Å². The molecule has 1 heterocycles. The van der Waals surface area contributed by atoms with Crippen molar-refractivity contribution in [3.63, 3.8) is 0 Å². The van der Waals surface area contributed by atoms with Gasteiger partial charge in [-0.05, 0) is 37.6 Å². The van der Waals surface area contributed by atoms with Crippen molar-refractivity contribution in [1.82, 2.24) is 9.71 Å². The van der Waals surface area contributed by atoms with Gasteiger partial charge >= 0.3 is 0 Å². The number of sulfonamides is 1. The van der Waals surface area contributed by atoms with Gasteiger partial charge in [0.25, 0.3) is 10.0 Å². The molecule has 5 nitrogen and oxygen atoms in total.